The maximum Gasteiger partial charge on any atom is 0.248 e. The molecule has 1 aliphatic heterocycles. The third-order valence-electron chi connectivity index (χ3n) is 2.92. The van der Waals surface area contributed by atoms with Crippen molar-refractivity contribution >= 4 is 17.5 Å². The molecule has 1 amide bonds. The monoisotopic (exact) mass is 269 g/mol. The predicted molar refractivity (Wildman–Crippen MR) is 68.9 cm³/mol. The summed E-state index contributed by atoms with van der Waals surface area (Å²) < 4.78 is 10.4. The molecular formula is C13H16ClNO3. The molecule has 98 valence electrons. The van der Waals surface area contributed by atoms with E-state index in [1.54, 1.807) is 12.0 Å². The van der Waals surface area contributed by atoms with Gasteiger partial charge < -0.3 is 14.4 Å². The van der Waals surface area contributed by atoms with Crippen molar-refractivity contribution in [3.05, 3.63) is 29.8 Å². The highest BCUT2D eigenvalue weighted by Gasteiger charge is 2.25. The van der Waals surface area contributed by atoms with Crippen molar-refractivity contribution in [3.8, 4) is 5.75 Å². The molecule has 5 heteroatoms. The number of methoxy groups -OCH3 is 1. The second kappa shape index (κ2) is 6.07. The van der Waals surface area contributed by atoms with Gasteiger partial charge in [-0.1, -0.05) is 12.1 Å². The number of carbonyl (C=O) groups excluding carboxylic acids is 1. The van der Waals surface area contributed by atoms with Gasteiger partial charge in [-0.3, -0.25) is 4.79 Å². The third kappa shape index (κ3) is 3.15. The van der Waals surface area contributed by atoms with Crippen LogP contribution in [0.15, 0.2) is 24.3 Å². The van der Waals surface area contributed by atoms with Crippen LogP contribution in [0.2, 0.25) is 0 Å². The van der Waals surface area contributed by atoms with E-state index in [1.807, 2.05) is 24.3 Å². The smallest absolute Gasteiger partial charge is 0.248 e. The van der Waals surface area contributed by atoms with Crippen molar-refractivity contribution in [2.75, 3.05) is 26.1 Å². The van der Waals surface area contributed by atoms with Crippen LogP contribution in [0.5, 0.6) is 5.75 Å². The number of hydrogen-bond acceptors (Lipinski definition) is 3. The Kier molecular flexibility index (Phi) is 4.44. The summed E-state index contributed by atoms with van der Waals surface area (Å²) in [6, 6.07) is 7.69. The molecule has 4 nitrogen and oxygen atoms in total. The number of alkyl halides is 1. The second-order valence-electron chi connectivity index (χ2n) is 4.21. The van der Waals surface area contributed by atoms with Gasteiger partial charge in [0.15, 0.2) is 0 Å². The summed E-state index contributed by atoms with van der Waals surface area (Å²) in [5.74, 6) is 1.23. The maximum absolute atomic E-state index is 11.7. The normalized spacial score (nSPS) is 20.0. The number of halogens is 1. The lowest BCUT2D eigenvalue weighted by atomic mass is 10.2. The largest absolute Gasteiger partial charge is 0.497 e. The van der Waals surface area contributed by atoms with Crippen LogP contribution in [-0.2, 0) is 16.1 Å². The first-order chi connectivity index (χ1) is 8.72. The number of carbonyl (C=O) groups is 1. The van der Waals surface area contributed by atoms with Crippen LogP contribution < -0.4 is 4.74 Å². The molecule has 0 radical (unpaired) electrons. The maximum atomic E-state index is 11.7. The fourth-order valence-electron chi connectivity index (χ4n) is 1.88. The Morgan fingerprint density at radius 1 is 1.44 bits per heavy atom. The molecular weight excluding hydrogens is 254 g/mol. The number of amides is 1. The molecule has 1 heterocycles. The van der Waals surface area contributed by atoms with Gasteiger partial charge in [-0.2, -0.15) is 0 Å². The zero-order chi connectivity index (χ0) is 13.0. The first kappa shape index (κ1) is 13.2. The van der Waals surface area contributed by atoms with Crippen molar-refractivity contribution in [3.63, 3.8) is 0 Å². The Morgan fingerprint density at radius 2 is 2.17 bits per heavy atom. The van der Waals surface area contributed by atoms with Crippen LogP contribution in [-0.4, -0.2) is 43.1 Å². The van der Waals surface area contributed by atoms with E-state index in [0.717, 1.165) is 11.3 Å². The fourth-order valence-corrected chi connectivity index (χ4v) is 2.06. The van der Waals surface area contributed by atoms with E-state index >= 15 is 0 Å². The first-order valence-corrected chi connectivity index (χ1v) is 6.34. The highest BCUT2D eigenvalue weighted by molar-refractivity contribution is 6.18. The van der Waals surface area contributed by atoms with Crippen LogP contribution in [0.3, 0.4) is 0 Å². The summed E-state index contributed by atoms with van der Waals surface area (Å²) >= 11 is 5.76. The summed E-state index contributed by atoms with van der Waals surface area (Å²) in [5, 5.41) is 0. The first-order valence-electron chi connectivity index (χ1n) is 5.81. The molecule has 1 saturated heterocycles. The second-order valence-corrected chi connectivity index (χ2v) is 4.52. The molecule has 1 aromatic rings. The van der Waals surface area contributed by atoms with E-state index in [9.17, 15) is 4.79 Å². The van der Waals surface area contributed by atoms with Crippen molar-refractivity contribution in [1.29, 1.82) is 0 Å². The van der Waals surface area contributed by atoms with Crippen LogP contribution >= 0.6 is 11.6 Å². The average molecular weight is 270 g/mol. The fraction of sp³-hybridized carbons (Fsp3) is 0.462. The van der Waals surface area contributed by atoms with Crippen LogP contribution in [0.1, 0.15) is 5.56 Å². The van der Waals surface area contributed by atoms with Gasteiger partial charge in [0.05, 0.1) is 19.1 Å². The molecule has 0 saturated carbocycles. The van der Waals surface area contributed by atoms with Crippen molar-refractivity contribution in [1.82, 2.24) is 4.90 Å². The topological polar surface area (TPSA) is 38.8 Å². The molecule has 0 aliphatic carbocycles. The number of nitrogens with zero attached hydrogens (tertiary/aromatic N) is 1. The summed E-state index contributed by atoms with van der Waals surface area (Å²) in [6.07, 6.45) is -0.0670. The summed E-state index contributed by atoms with van der Waals surface area (Å²) in [4.78, 5) is 13.5. The van der Waals surface area contributed by atoms with Crippen LogP contribution in [0.25, 0.3) is 0 Å². The molecule has 1 fully saturated rings. The Balaban J connectivity index is 2.00. The van der Waals surface area contributed by atoms with Gasteiger partial charge >= 0.3 is 0 Å². The number of morpholine rings is 1. The molecule has 18 heavy (non-hydrogen) atoms. The van der Waals surface area contributed by atoms with E-state index in [2.05, 4.69) is 0 Å². The van der Waals surface area contributed by atoms with Gasteiger partial charge in [-0.15, -0.1) is 11.6 Å². The highest BCUT2D eigenvalue weighted by atomic mass is 35.5. The molecule has 2 rings (SSSR count). The molecule has 0 bridgehead atoms. The summed E-state index contributed by atoms with van der Waals surface area (Å²) in [6.45, 7) is 1.25. The SMILES string of the molecule is COc1ccc(CN2CC(CCl)OCC2=O)cc1. The number of hydrogen-bond donors (Lipinski definition) is 0. The van der Waals surface area contributed by atoms with Gasteiger partial charge in [0.2, 0.25) is 5.91 Å². The van der Waals surface area contributed by atoms with Gasteiger partial charge in [0.25, 0.3) is 0 Å². The number of rotatable bonds is 4. The Hall–Kier alpha value is -1.26. The van der Waals surface area contributed by atoms with Gasteiger partial charge in [-0.05, 0) is 17.7 Å². The van der Waals surface area contributed by atoms with E-state index in [1.165, 1.54) is 0 Å². The molecule has 1 aromatic carbocycles. The summed E-state index contributed by atoms with van der Waals surface area (Å²) in [5.41, 5.74) is 1.07. The van der Waals surface area contributed by atoms with E-state index in [-0.39, 0.29) is 18.6 Å². The lowest BCUT2D eigenvalue weighted by Gasteiger charge is -2.31. The standard InChI is InChI=1S/C13H16ClNO3/c1-17-11-4-2-10(3-5-11)7-15-8-12(6-14)18-9-13(15)16/h2-5,12H,6-9H2,1H3. The molecule has 0 spiro atoms. The van der Waals surface area contributed by atoms with Crippen molar-refractivity contribution in [2.45, 2.75) is 12.6 Å². The molecule has 0 aromatic heterocycles. The molecule has 1 unspecified atom stereocenters. The zero-order valence-electron chi connectivity index (χ0n) is 10.3. The predicted octanol–water partition coefficient (Wildman–Crippen LogP) is 1.66. The van der Waals surface area contributed by atoms with E-state index in [4.69, 9.17) is 21.1 Å². The Bertz CT molecular complexity index is 407. The third-order valence-corrected chi connectivity index (χ3v) is 3.27. The molecule has 1 atom stereocenters. The van der Waals surface area contributed by atoms with Gasteiger partial charge in [0.1, 0.15) is 12.4 Å². The summed E-state index contributed by atoms with van der Waals surface area (Å²) in [7, 11) is 1.63. The van der Waals surface area contributed by atoms with Gasteiger partial charge in [-0.25, -0.2) is 0 Å². The van der Waals surface area contributed by atoms with Crippen molar-refractivity contribution < 1.29 is 14.3 Å². The quantitative estimate of drug-likeness (QED) is 0.781. The van der Waals surface area contributed by atoms with E-state index < -0.39 is 0 Å². The number of benzene rings is 1. The van der Waals surface area contributed by atoms with Crippen molar-refractivity contribution in [2.24, 2.45) is 0 Å². The van der Waals surface area contributed by atoms with Crippen LogP contribution in [0, 0.1) is 0 Å². The average Bonchev–Trinajstić information content (AvgIpc) is 2.42. The Morgan fingerprint density at radius 3 is 2.78 bits per heavy atom. The van der Waals surface area contributed by atoms with Gasteiger partial charge in [0, 0.05) is 13.1 Å². The minimum absolute atomic E-state index is 0.00665. The Labute approximate surface area is 111 Å². The number of ether oxygens (including phenoxy) is 2. The minimum atomic E-state index is -0.0670. The van der Waals surface area contributed by atoms with E-state index in [0.29, 0.717) is 19.0 Å². The lowest BCUT2D eigenvalue weighted by Crippen LogP contribution is -2.46. The minimum Gasteiger partial charge on any atom is -0.497 e. The molecule has 0 N–H and O–H groups in total. The zero-order valence-corrected chi connectivity index (χ0v) is 11.0. The van der Waals surface area contributed by atoms with Crippen LogP contribution in [0.4, 0.5) is 0 Å². The molecule has 1 aliphatic rings. The lowest BCUT2D eigenvalue weighted by molar-refractivity contribution is -0.148. The highest BCUT2D eigenvalue weighted by Crippen LogP contribution is 2.15.